The van der Waals surface area contributed by atoms with E-state index in [0.29, 0.717) is 0 Å². The van der Waals surface area contributed by atoms with Gasteiger partial charge in [0.05, 0.1) is 13.7 Å². The maximum absolute atomic E-state index is 12.4. The third-order valence-electron chi connectivity index (χ3n) is 2.37. The smallest absolute Gasteiger partial charge is 0.247 e. The molecule has 0 fully saturated rings. The van der Waals surface area contributed by atoms with E-state index in [1.807, 2.05) is 0 Å². The van der Waals surface area contributed by atoms with Crippen LogP contribution < -0.4 is 4.74 Å². The van der Waals surface area contributed by atoms with Crippen molar-refractivity contribution >= 4 is 10.0 Å². The van der Waals surface area contributed by atoms with Crippen LogP contribution in [0.1, 0.15) is 0 Å². The fourth-order valence-electron chi connectivity index (χ4n) is 1.54. The third-order valence-corrected chi connectivity index (χ3v) is 4.27. The molecule has 0 unspecified atom stereocenters. The summed E-state index contributed by atoms with van der Waals surface area (Å²) in [5.41, 5.74) is 0. The maximum atomic E-state index is 12.4. The van der Waals surface area contributed by atoms with E-state index in [9.17, 15) is 8.42 Å². The van der Waals surface area contributed by atoms with Crippen molar-refractivity contribution in [3.63, 3.8) is 0 Å². The van der Waals surface area contributed by atoms with Gasteiger partial charge in [-0.3, -0.25) is 0 Å². The number of nitrogens with zero attached hydrogens (tertiary/aromatic N) is 1. The van der Waals surface area contributed by atoms with Gasteiger partial charge < -0.3 is 9.84 Å². The van der Waals surface area contributed by atoms with Crippen molar-refractivity contribution in [2.45, 2.75) is 4.90 Å². The average Bonchev–Trinajstić information content (AvgIpc) is 2.38. The average molecular weight is 271 g/mol. The first-order valence-corrected chi connectivity index (χ1v) is 6.86. The predicted octanol–water partition coefficient (Wildman–Crippen LogP) is 0.864. The van der Waals surface area contributed by atoms with Gasteiger partial charge in [0, 0.05) is 13.1 Å². The van der Waals surface area contributed by atoms with Gasteiger partial charge in [-0.2, -0.15) is 4.31 Å². The monoisotopic (exact) mass is 271 g/mol. The van der Waals surface area contributed by atoms with Crippen LogP contribution >= 0.6 is 0 Å². The summed E-state index contributed by atoms with van der Waals surface area (Å²) in [6, 6.07) is 6.38. The summed E-state index contributed by atoms with van der Waals surface area (Å²) >= 11 is 0. The zero-order valence-electron chi connectivity index (χ0n) is 10.2. The van der Waals surface area contributed by atoms with Crippen LogP contribution in [0.15, 0.2) is 41.8 Å². The van der Waals surface area contributed by atoms with Crippen molar-refractivity contribution in [1.82, 2.24) is 4.31 Å². The second-order valence-electron chi connectivity index (χ2n) is 3.53. The van der Waals surface area contributed by atoms with Gasteiger partial charge in [0.2, 0.25) is 10.0 Å². The van der Waals surface area contributed by atoms with Crippen molar-refractivity contribution in [2.24, 2.45) is 0 Å². The van der Waals surface area contributed by atoms with Gasteiger partial charge in [-0.05, 0) is 12.1 Å². The van der Waals surface area contributed by atoms with Gasteiger partial charge in [-0.1, -0.05) is 18.2 Å². The number of methoxy groups -OCH3 is 1. The third kappa shape index (κ3) is 3.10. The van der Waals surface area contributed by atoms with Crippen molar-refractivity contribution in [2.75, 3.05) is 26.8 Å². The molecule has 1 aromatic carbocycles. The van der Waals surface area contributed by atoms with E-state index in [1.54, 1.807) is 18.2 Å². The first kappa shape index (κ1) is 14.7. The topological polar surface area (TPSA) is 66.8 Å². The van der Waals surface area contributed by atoms with Gasteiger partial charge in [-0.15, -0.1) is 6.58 Å². The number of rotatable bonds is 7. The highest BCUT2D eigenvalue weighted by Crippen LogP contribution is 2.25. The van der Waals surface area contributed by atoms with E-state index in [0.717, 1.165) is 4.31 Å². The van der Waals surface area contributed by atoms with Crippen LogP contribution in [0.2, 0.25) is 0 Å². The van der Waals surface area contributed by atoms with Gasteiger partial charge in [-0.25, -0.2) is 8.42 Å². The lowest BCUT2D eigenvalue weighted by atomic mass is 10.3. The van der Waals surface area contributed by atoms with Crippen molar-refractivity contribution in [3.05, 3.63) is 36.9 Å². The zero-order chi connectivity index (χ0) is 13.6. The molecule has 0 aromatic heterocycles. The molecule has 0 amide bonds. The molecule has 5 nitrogen and oxygen atoms in total. The second kappa shape index (κ2) is 6.53. The van der Waals surface area contributed by atoms with Crippen LogP contribution in [-0.4, -0.2) is 44.6 Å². The van der Waals surface area contributed by atoms with Crippen LogP contribution in [0.5, 0.6) is 5.75 Å². The van der Waals surface area contributed by atoms with Crippen LogP contribution in [0.3, 0.4) is 0 Å². The number of hydrogen-bond acceptors (Lipinski definition) is 4. The summed E-state index contributed by atoms with van der Waals surface area (Å²) in [5.74, 6) is 0.282. The number of ether oxygens (including phenoxy) is 1. The maximum Gasteiger partial charge on any atom is 0.247 e. The zero-order valence-corrected chi connectivity index (χ0v) is 11.1. The molecule has 0 heterocycles. The van der Waals surface area contributed by atoms with E-state index < -0.39 is 10.0 Å². The fraction of sp³-hybridized carbons (Fsp3) is 0.333. The fourth-order valence-corrected chi connectivity index (χ4v) is 3.09. The van der Waals surface area contributed by atoms with E-state index in [4.69, 9.17) is 9.84 Å². The van der Waals surface area contributed by atoms with Crippen molar-refractivity contribution < 1.29 is 18.3 Å². The minimum atomic E-state index is -3.69. The van der Waals surface area contributed by atoms with Gasteiger partial charge >= 0.3 is 0 Å². The Morgan fingerprint density at radius 1 is 1.44 bits per heavy atom. The number of benzene rings is 1. The molecule has 0 radical (unpaired) electrons. The largest absolute Gasteiger partial charge is 0.495 e. The Balaban J connectivity index is 3.21. The number of aliphatic hydroxyl groups excluding tert-OH is 1. The molecule has 6 heteroatoms. The lowest BCUT2D eigenvalue weighted by molar-refractivity contribution is 0.260. The molecule has 1 rings (SSSR count). The molecule has 0 saturated carbocycles. The molecule has 0 aliphatic heterocycles. The molecule has 1 aromatic rings. The number of para-hydroxylation sites is 1. The molecular formula is C12H17NO4S. The SMILES string of the molecule is C=CCN(CCO)S(=O)(=O)c1ccccc1OC. The Morgan fingerprint density at radius 3 is 2.67 bits per heavy atom. The number of aliphatic hydroxyl groups is 1. The minimum absolute atomic E-state index is 0.0202. The van der Waals surface area contributed by atoms with Crippen LogP contribution in [-0.2, 0) is 10.0 Å². The highest BCUT2D eigenvalue weighted by atomic mass is 32.2. The summed E-state index contributed by atoms with van der Waals surface area (Å²) in [7, 11) is -2.28. The lowest BCUT2D eigenvalue weighted by Crippen LogP contribution is -2.33. The molecular weight excluding hydrogens is 254 g/mol. The van der Waals surface area contributed by atoms with Crippen LogP contribution in [0, 0.1) is 0 Å². The Kier molecular flexibility index (Phi) is 5.33. The normalized spacial score (nSPS) is 11.5. The molecule has 0 bridgehead atoms. The Hall–Kier alpha value is -1.37. The second-order valence-corrected chi connectivity index (χ2v) is 5.43. The first-order chi connectivity index (χ1) is 8.57. The van der Waals surface area contributed by atoms with Crippen LogP contribution in [0.25, 0.3) is 0 Å². The van der Waals surface area contributed by atoms with E-state index in [2.05, 4.69) is 6.58 Å². The molecule has 100 valence electrons. The number of hydrogen-bond donors (Lipinski definition) is 1. The molecule has 0 spiro atoms. The molecule has 0 atom stereocenters. The summed E-state index contributed by atoms with van der Waals surface area (Å²) in [4.78, 5) is 0.0859. The molecule has 18 heavy (non-hydrogen) atoms. The van der Waals surface area contributed by atoms with E-state index in [1.165, 1.54) is 19.3 Å². The Labute approximate surface area is 107 Å². The van der Waals surface area contributed by atoms with Crippen molar-refractivity contribution in [3.8, 4) is 5.75 Å². The highest BCUT2D eigenvalue weighted by molar-refractivity contribution is 7.89. The minimum Gasteiger partial charge on any atom is -0.495 e. The number of sulfonamides is 1. The van der Waals surface area contributed by atoms with Crippen LogP contribution in [0.4, 0.5) is 0 Å². The summed E-state index contributed by atoms with van der Waals surface area (Å²) < 4.78 is 31.0. The molecule has 0 aliphatic carbocycles. The summed E-state index contributed by atoms with van der Waals surface area (Å²) in [6.07, 6.45) is 1.47. The Bertz CT molecular complexity index is 499. The van der Waals surface area contributed by atoms with E-state index >= 15 is 0 Å². The summed E-state index contributed by atoms with van der Waals surface area (Å²) in [5, 5.41) is 8.93. The highest BCUT2D eigenvalue weighted by Gasteiger charge is 2.26. The molecule has 0 saturated heterocycles. The summed E-state index contributed by atoms with van der Waals surface area (Å²) in [6.45, 7) is 3.43. The first-order valence-electron chi connectivity index (χ1n) is 5.42. The molecule has 1 N–H and O–H groups in total. The Morgan fingerprint density at radius 2 is 2.11 bits per heavy atom. The van der Waals surface area contributed by atoms with Gasteiger partial charge in [0.25, 0.3) is 0 Å². The van der Waals surface area contributed by atoms with E-state index in [-0.39, 0.29) is 30.3 Å². The van der Waals surface area contributed by atoms with Gasteiger partial charge in [0.1, 0.15) is 10.6 Å². The molecule has 0 aliphatic rings. The quantitative estimate of drug-likeness (QED) is 0.747. The lowest BCUT2D eigenvalue weighted by Gasteiger charge is -2.20. The van der Waals surface area contributed by atoms with Gasteiger partial charge in [0.15, 0.2) is 0 Å². The predicted molar refractivity (Wildman–Crippen MR) is 69.0 cm³/mol. The van der Waals surface area contributed by atoms with Crippen molar-refractivity contribution in [1.29, 1.82) is 0 Å². The standard InChI is InChI=1S/C12H17NO4S/c1-3-8-13(9-10-14)18(15,16)12-7-5-4-6-11(12)17-2/h3-7,14H,1,8-10H2,2H3.